The second-order valence-electron chi connectivity index (χ2n) is 5.35. The van der Waals surface area contributed by atoms with Gasteiger partial charge in [-0.1, -0.05) is 26.2 Å². The lowest BCUT2D eigenvalue weighted by molar-refractivity contribution is 0.383. The zero-order valence-corrected chi connectivity index (χ0v) is 12.8. The molecule has 0 saturated heterocycles. The minimum Gasteiger partial charge on any atom is -0.447 e. The monoisotopic (exact) mass is 300 g/mol. The van der Waals surface area contributed by atoms with E-state index in [1.165, 1.54) is 12.5 Å². The van der Waals surface area contributed by atoms with Gasteiger partial charge in [0.05, 0.1) is 6.54 Å². The summed E-state index contributed by atoms with van der Waals surface area (Å²) in [6.45, 7) is 3.54. The first kappa shape index (κ1) is 15.5. The molecule has 1 heterocycles. The fourth-order valence-electron chi connectivity index (χ4n) is 2.48. The van der Waals surface area contributed by atoms with E-state index in [-0.39, 0.29) is 11.1 Å². The number of rotatable bonds is 7. The van der Waals surface area contributed by atoms with E-state index in [0.717, 1.165) is 38.6 Å². The Labute approximate surface area is 121 Å². The molecule has 0 aromatic carbocycles. The number of nitrogens with one attached hydrogen (secondary N) is 2. The number of hydrogen-bond acceptors (Lipinski definition) is 4. The number of sulfonamides is 1. The zero-order valence-electron chi connectivity index (χ0n) is 12.0. The molecule has 0 aliphatic heterocycles. The van der Waals surface area contributed by atoms with Crippen LogP contribution in [-0.2, 0) is 16.6 Å². The summed E-state index contributed by atoms with van der Waals surface area (Å²) < 4.78 is 32.6. The molecule has 2 N–H and O–H groups in total. The maximum Gasteiger partial charge on any atom is 0.274 e. The van der Waals surface area contributed by atoms with E-state index in [0.29, 0.717) is 12.3 Å². The molecule has 0 amide bonds. The van der Waals surface area contributed by atoms with Gasteiger partial charge in [0.1, 0.15) is 5.76 Å². The first-order valence-electron chi connectivity index (χ1n) is 7.43. The van der Waals surface area contributed by atoms with Crippen molar-refractivity contribution < 1.29 is 12.8 Å². The second-order valence-corrected chi connectivity index (χ2v) is 7.00. The first-order valence-corrected chi connectivity index (χ1v) is 8.92. The van der Waals surface area contributed by atoms with Crippen molar-refractivity contribution in [2.75, 3.05) is 6.54 Å². The highest BCUT2D eigenvalue weighted by Crippen LogP contribution is 2.20. The molecule has 0 atom stereocenters. The molecule has 1 aliphatic rings. The summed E-state index contributed by atoms with van der Waals surface area (Å²) in [7, 11) is -3.51. The lowest BCUT2D eigenvalue weighted by atomic mass is 9.96. The van der Waals surface area contributed by atoms with Gasteiger partial charge in [-0.2, -0.15) is 0 Å². The molecule has 0 radical (unpaired) electrons. The van der Waals surface area contributed by atoms with E-state index in [9.17, 15) is 8.42 Å². The Morgan fingerprint density at radius 3 is 2.70 bits per heavy atom. The maximum absolute atomic E-state index is 12.2. The van der Waals surface area contributed by atoms with Gasteiger partial charge in [0.15, 0.2) is 0 Å². The van der Waals surface area contributed by atoms with Gasteiger partial charge in [-0.05, 0) is 37.9 Å². The molecule has 0 bridgehead atoms. The van der Waals surface area contributed by atoms with Gasteiger partial charge in [-0.3, -0.25) is 0 Å². The minimum atomic E-state index is -3.51. The van der Waals surface area contributed by atoms with E-state index < -0.39 is 10.0 Å². The quantitative estimate of drug-likeness (QED) is 0.759. The standard InChI is InChI=1S/C14H24N2O3S/c1-2-10-15-11-13-8-9-14(19-13)20(17,18)16-12-6-4-3-5-7-12/h8-9,12,15-16H,2-7,10-11H2,1H3. The fraction of sp³-hybridized carbons (Fsp3) is 0.714. The van der Waals surface area contributed by atoms with Crippen LogP contribution < -0.4 is 10.0 Å². The molecule has 0 spiro atoms. The van der Waals surface area contributed by atoms with Crippen molar-refractivity contribution in [2.24, 2.45) is 0 Å². The highest BCUT2D eigenvalue weighted by molar-refractivity contribution is 7.89. The van der Waals surface area contributed by atoms with Gasteiger partial charge in [-0.25, -0.2) is 13.1 Å². The van der Waals surface area contributed by atoms with Gasteiger partial charge in [0, 0.05) is 6.04 Å². The van der Waals surface area contributed by atoms with Crippen LogP contribution in [0.3, 0.4) is 0 Å². The summed E-state index contributed by atoms with van der Waals surface area (Å²) in [6, 6.07) is 3.31. The largest absolute Gasteiger partial charge is 0.447 e. The average Bonchev–Trinajstić information content (AvgIpc) is 2.89. The van der Waals surface area contributed by atoms with Crippen LogP contribution in [0.2, 0.25) is 0 Å². The molecule has 1 aromatic rings. The Morgan fingerprint density at radius 2 is 2.00 bits per heavy atom. The van der Waals surface area contributed by atoms with Gasteiger partial charge < -0.3 is 9.73 Å². The molecule has 2 rings (SSSR count). The minimum absolute atomic E-state index is 0.0244. The Hall–Kier alpha value is -0.850. The van der Waals surface area contributed by atoms with Crippen molar-refractivity contribution in [3.63, 3.8) is 0 Å². The van der Waals surface area contributed by atoms with Crippen molar-refractivity contribution in [3.8, 4) is 0 Å². The molecule has 20 heavy (non-hydrogen) atoms. The van der Waals surface area contributed by atoms with Crippen molar-refractivity contribution in [2.45, 2.75) is 63.1 Å². The van der Waals surface area contributed by atoms with Crippen LogP contribution in [-0.4, -0.2) is 21.0 Å². The first-order chi connectivity index (χ1) is 9.62. The smallest absolute Gasteiger partial charge is 0.274 e. The molecule has 1 fully saturated rings. The predicted molar refractivity (Wildman–Crippen MR) is 77.9 cm³/mol. The van der Waals surface area contributed by atoms with Crippen LogP contribution in [0.5, 0.6) is 0 Å². The summed E-state index contributed by atoms with van der Waals surface area (Å²) >= 11 is 0. The number of furan rings is 1. The van der Waals surface area contributed by atoms with Crippen LogP contribution in [0, 0.1) is 0 Å². The molecule has 1 saturated carbocycles. The molecule has 1 aliphatic carbocycles. The van der Waals surface area contributed by atoms with Crippen molar-refractivity contribution in [1.29, 1.82) is 0 Å². The Bertz CT molecular complexity index is 504. The third kappa shape index (κ3) is 4.33. The highest BCUT2D eigenvalue weighted by atomic mass is 32.2. The van der Waals surface area contributed by atoms with Crippen LogP contribution in [0.15, 0.2) is 21.6 Å². The molecule has 1 aromatic heterocycles. The summed E-state index contributed by atoms with van der Waals surface area (Å²) in [6.07, 6.45) is 6.27. The Kier molecular flexibility index (Phi) is 5.63. The lowest BCUT2D eigenvalue weighted by Gasteiger charge is -2.21. The van der Waals surface area contributed by atoms with Gasteiger partial charge in [-0.15, -0.1) is 0 Å². The summed E-state index contributed by atoms with van der Waals surface area (Å²) in [5.74, 6) is 0.655. The highest BCUT2D eigenvalue weighted by Gasteiger charge is 2.24. The van der Waals surface area contributed by atoms with E-state index in [2.05, 4.69) is 17.0 Å². The van der Waals surface area contributed by atoms with Crippen LogP contribution in [0.1, 0.15) is 51.2 Å². The average molecular weight is 300 g/mol. The molecule has 114 valence electrons. The molecule has 0 unspecified atom stereocenters. The SMILES string of the molecule is CCCNCc1ccc(S(=O)(=O)NC2CCCCC2)o1. The Morgan fingerprint density at radius 1 is 1.25 bits per heavy atom. The van der Waals surface area contributed by atoms with E-state index >= 15 is 0 Å². The summed E-state index contributed by atoms with van der Waals surface area (Å²) in [5, 5.41) is 3.21. The maximum atomic E-state index is 12.2. The van der Waals surface area contributed by atoms with Gasteiger partial charge in [0.2, 0.25) is 5.09 Å². The van der Waals surface area contributed by atoms with Crippen molar-refractivity contribution in [3.05, 3.63) is 17.9 Å². The molecule has 5 nitrogen and oxygen atoms in total. The fourth-order valence-corrected chi connectivity index (χ4v) is 3.74. The topological polar surface area (TPSA) is 71.3 Å². The van der Waals surface area contributed by atoms with Gasteiger partial charge >= 0.3 is 0 Å². The van der Waals surface area contributed by atoms with Crippen LogP contribution in [0.4, 0.5) is 0 Å². The third-order valence-corrected chi connectivity index (χ3v) is 4.95. The molecular weight excluding hydrogens is 276 g/mol. The zero-order chi connectivity index (χ0) is 14.4. The van der Waals surface area contributed by atoms with Crippen LogP contribution >= 0.6 is 0 Å². The summed E-state index contributed by atoms with van der Waals surface area (Å²) in [4.78, 5) is 0. The normalized spacial score (nSPS) is 17.4. The van der Waals surface area contributed by atoms with E-state index in [4.69, 9.17) is 4.42 Å². The van der Waals surface area contributed by atoms with Crippen molar-refractivity contribution >= 4 is 10.0 Å². The van der Waals surface area contributed by atoms with E-state index in [1.54, 1.807) is 6.07 Å². The third-order valence-electron chi connectivity index (χ3n) is 3.55. The van der Waals surface area contributed by atoms with E-state index in [1.807, 2.05) is 0 Å². The lowest BCUT2D eigenvalue weighted by Crippen LogP contribution is -2.35. The molecular formula is C14H24N2O3S. The predicted octanol–water partition coefficient (Wildman–Crippen LogP) is 2.39. The van der Waals surface area contributed by atoms with Crippen LogP contribution in [0.25, 0.3) is 0 Å². The van der Waals surface area contributed by atoms with Gasteiger partial charge in [0.25, 0.3) is 10.0 Å². The van der Waals surface area contributed by atoms with Crippen molar-refractivity contribution in [1.82, 2.24) is 10.0 Å². The molecule has 6 heteroatoms. The number of hydrogen-bond donors (Lipinski definition) is 2. The second kappa shape index (κ2) is 7.24. The summed E-state index contributed by atoms with van der Waals surface area (Å²) in [5.41, 5.74) is 0. The Balaban J connectivity index is 1.94.